The lowest BCUT2D eigenvalue weighted by molar-refractivity contribution is -0.669. The van der Waals surface area contributed by atoms with Crippen molar-refractivity contribution in [1.29, 1.82) is 0 Å². The Labute approximate surface area is 262 Å². The van der Waals surface area contributed by atoms with Gasteiger partial charge in [0.2, 0.25) is 11.4 Å². The molecule has 2 heterocycles. The fourth-order valence-electron chi connectivity index (χ4n) is 5.12. The number of aromatic nitrogens is 1. The lowest BCUT2D eigenvalue weighted by atomic mass is 10.0. The molecular formula is C32H35N2O7S3+. The third-order valence-electron chi connectivity index (χ3n) is 7.54. The summed E-state index contributed by atoms with van der Waals surface area (Å²) in [6.07, 6.45) is 5.29. The molecule has 0 saturated heterocycles. The lowest BCUT2D eigenvalue weighted by Crippen LogP contribution is -2.35. The molecule has 1 aliphatic heterocycles. The first-order chi connectivity index (χ1) is 20.8. The molecule has 232 valence electrons. The van der Waals surface area contributed by atoms with Gasteiger partial charge in [-0.05, 0) is 72.7 Å². The van der Waals surface area contributed by atoms with Crippen molar-refractivity contribution in [3.05, 3.63) is 94.3 Å². The van der Waals surface area contributed by atoms with Crippen LogP contribution in [0, 0.1) is 13.8 Å². The van der Waals surface area contributed by atoms with Crippen LogP contribution in [0.15, 0.2) is 78.2 Å². The van der Waals surface area contributed by atoms with Gasteiger partial charge in [-0.2, -0.15) is 21.4 Å². The van der Waals surface area contributed by atoms with Crippen LogP contribution in [0.3, 0.4) is 0 Å². The highest BCUT2D eigenvalue weighted by molar-refractivity contribution is 7.86. The van der Waals surface area contributed by atoms with Crippen LogP contribution in [0.5, 0.6) is 5.75 Å². The number of nitrogens with zero attached hydrogens (tertiary/aromatic N) is 2. The van der Waals surface area contributed by atoms with Crippen molar-refractivity contribution in [2.24, 2.45) is 0 Å². The van der Waals surface area contributed by atoms with E-state index in [0.29, 0.717) is 37.2 Å². The van der Waals surface area contributed by atoms with Crippen LogP contribution in [-0.2, 0) is 26.8 Å². The van der Waals surface area contributed by atoms with Crippen LogP contribution in [0.4, 0.5) is 5.69 Å². The van der Waals surface area contributed by atoms with Gasteiger partial charge in [0.15, 0.2) is 18.2 Å². The van der Waals surface area contributed by atoms with Gasteiger partial charge in [0.25, 0.3) is 25.2 Å². The molecule has 0 fully saturated rings. The van der Waals surface area contributed by atoms with Gasteiger partial charge in [0.05, 0.1) is 11.4 Å². The van der Waals surface area contributed by atoms with Crippen LogP contribution in [-0.4, -0.2) is 37.6 Å². The molecule has 4 aromatic rings. The molecule has 0 spiro atoms. The van der Waals surface area contributed by atoms with Crippen molar-refractivity contribution >= 4 is 53.6 Å². The molecular weight excluding hydrogens is 621 g/mol. The standard InChI is InChI=1S/C32H34N2O7S3/c1-4-24(19-32-33(14-8-9-15-43(35,36)37)28-16-22(2)23(3)17-30(28)42-32)18-31-34(21-44(38,39)40)27-20-26(12-13-29(27)41-31)25-10-6-5-7-11-25/h5-7,10-13,16-20H,4,8-9,14-15,21H2,1-3H3,(H-,35,36,37,38,39,40)/p+1. The van der Waals surface area contributed by atoms with Gasteiger partial charge in [0.1, 0.15) is 4.70 Å². The number of benzene rings is 3. The third kappa shape index (κ3) is 7.56. The minimum absolute atomic E-state index is 0.281. The van der Waals surface area contributed by atoms with Crippen molar-refractivity contribution in [2.45, 2.75) is 46.6 Å². The number of aryl methyl sites for hydroxylation is 3. The SMILES string of the molecule is CCC(=Cc1sc2cc(C)c(C)cc2[n+]1CCCCS(=O)(=O)O)C=C1Oc2ccc(-c3ccccc3)cc2N1CS(=O)(=O)O. The number of hydrogen-bond donors (Lipinski definition) is 2. The van der Waals surface area contributed by atoms with Gasteiger partial charge in [-0.1, -0.05) is 54.7 Å². The average molecular weight is 656 g/mol. The molecule has 5 rings (SSSR count). The highest BCUT2D eigenvalue weighted by Gasteiger charge is 2.30. The molecule has 1 aliphatic rings. The van der Waals surface area contributed by atoms with Crippen molar-refractivity contribution in [3.8, 4) is 16.9 Å². The van der Waals surface area contributed by atoms with Gasteiger partial charge >= 0.3 is 0 Å². The fourth-order valence-corrected chi connectivity index (χ4v) is 7.53. The third-order valence-corrected chi connectivity index (χ3v) is 10.0. The number of unbranched alkanes of at least 4 members (excludes halogenated alkanes) is 1. The second-order valence-electron chi connectivity index (χ2n) is 10.8. The Kier molecular flexibility index (Phi) is 9.28. The summed E-state index contributed by atoms with van der Waals surface area (Å²) < 4.78 is 75.1. The molecule has 12 heteroatoms. The van der Waals surface area contributed by atoms with Gasteiger partial charge in [-0.25, -0.2) is 0 Å². The highest BCUT2D eigenvalue weighted by atomic mass is 32.2. The minimum atomic E-state index is -4.39. The van der Waals surface area contributed by atoms with E-state index in [0.717, 1.165) is 37.5 Å². The molecule has 2 N–H and O–H groups in total. The molecule has 0 amide bonds. The van der Waals surface area contributed by atoms with Crippen LogP contribution in [0.25, 0.3) is 27.4 Å². The summed E-state index contributed by atoms with van der Waals surface area (Å²) in [5.74, 6) is -0.199. The van der Waals surface area contributed by atoms with E-state index < -0.39 is 26.1 Å². The van der Waals surface area contributed by atoms with E-state index in [9.17, 15) is 21.4 Å². The number of ether oxygens (including phenoxy) is 1. The van der Waals surface area contributed by atoms with Crippen molar-refractivity contribution < 1.29 is 35.2 Å². The van der Waals surface area contributed by atoms with E-state index in [1.807, 2.05) is 55.5 Å². The van der Waals surface area contributed by atoms with Crippen LogP contribution in [0.1, 0.15) is 42.3 Å². The summed E-state index contributed by atoms with van der Waals surface area (Å²) in [7, 11) is -8.43. The molecule has 0 aliphatic carbocycles. The maximum absolute atomic E-state index is 12.1. The Bertz CT molecular complexity index is 1980. The van der Waals surface area contributed by atoms with Crippen LogP contribution in [0.2, 0.25) is 0 Å². The molecule has 0 unspecified atom stereocenters. The van der Waals surface area contributed by atoms with E-state index in [2.05, 4.69) is 30.5 Å². The van der Waals surface area contributed by atoms with E-state index in [1.165, 1.54) is 10.5 Å². The highest BCUT2D eigenvalue weighted by Crippen LogP contribution is 2.42. The Morgan fingerprint density at radius 2 is 1.66 bits per heavy atom. The Balaban J connectivity index is 1.54. The first-order valence-electron chi connectivity index (χ1n) is 14.2. The fraction of sp³-hybridized carbons (Fsp3) is 0.281. The second-order valence-corrected chi connectivity index (χ2v) is 14.9. The first-order valence-corrected chi connectivity index (χ1v) is 18.3. The van der Waals surface area contributed by atoms with E-state index in [1.54, 1.807) is 23.5 Å². The summed E-state index contributed by atoms with van der Waals surface area (Å²) in [6, 6.07) is 19.5. The Morgan fingerprint density at radius 1 is 0.932 bits per heavy atom. The maximum Gasteiger partial charge on any atom is 0.283 e. The van der Waals surface area contributed by atoms with Crippen molar-refractivity contribution in [2.75, 3.05) is 16.5 Å². The summed E-state index contributed by atoms with van der Waals surface area (Å²) in [5, 5.41) is 0.939. The minimum Gasteiger partial charge on any atom is -0.439 e. The number of anilines is 1. The maximum atomic E-state index is 12.1. The average Bonchev–Trinajstić information content (AvgIpc) is 3.45. The molecule has 3 aromatic carbocycles. The predicted molar refractivity (Wildman–Crippen MR) is 175 cm³/mol. The molecule has 0 atom stereocenters. The van der Waals surface area contributed by atoms with E-state index >= 15 is 0 Å². The normalized spacial score (nSPS) is 14.8. The summed E-state index contributed by atoms with van der Waals surface area (Å²) in [5.41, 5.74) is 6.58. The van der Waals surface area contributed by atoms with Gasteiger partial charge in [-0.15, -0.1) is 0 Å². The number of rotatable bonds is 11. The Hall–Kier alpha value is -3.55. The van der Waals surface area contributed by atoms with Crippen molar-refractivity contribution in [3.63, 3.8) is 0 Å². The van der Waals surface area contributed by atoms with Gasteiger partial charge < -0.3 is 4.74 Å². The van der Waals surface area contributed by atoms with E-state index in [4.69, 9.17) is 9.29 Å². The Morgan fingerprint density at radius 3 is 2.34 bits per heavy atom. The second kappa shape index (κ2) is 12.8. The van der Waals surface area contributed by atoms with Gasteiger partial charge in [0, 0.05) is 24.6 Å². The number of fused-ring (bicyclic) bond motifs is 2. The monoisotopic (exact) mass is 655 g/mol. The molecule has 0 saturated carbocycles. The first kappa shape index (κ1) is 31.9. The number of thiazole rings is 1. The summed E-state index contributed by atoms with van der Waals surface area (Å²) >= 11 is 1.61. The topological polar surface area (TPSA) is 125 Å². The number of allylic oxidation sites excluding steroid dienone is 2. The zero-order valence-corrected chi connectivity index (χ0v) is 27.2. The lowest BCUT2D eigenvalue weighted by Gasteiger charge is -2.17. The predicted octanol–water partition coefficient (Wildman–Crippen LogP) is 6.52. The molecule has 0 bridgehead atoms. The zero-order chi connectivity index (χ0) is 31.6. The smallest absolute Gasteiger partial charge is 0.283 e. The number of hydrogen-bond acceptors (Lipinski definition) is 7. The molecule has 0 radical (unpaired) electrons. The quantitative estimate of drug-likeness (QED) is 0.106. The summed E-state index contributed by atoms with van der Waals surface area (Å²) in [4.78, 5) is 1.46. The molecule has 44 heavy (non-hydrogen) atoms. The van der Waals surface area contributed by atoms with Gasteiger partial charge in [-0.3, -0.25) is 14.0 Å². The largest absolute Gasteiger partial charge is 0.439 e. The van der Waals surface area contributed by atoms with Crippen LogP contribution < -0.4 is 14.2 Å². The molecule has 1 aromatic heterocycles. The van der Waals surface area contributed by atoms with Crippen LogP contribution >= 0.6 is 11.3 Å². The zero-order valence-electron chi connectivity index (χ0n) is 24.7. The molecule has 9 nitrogen and oxygen atoms in total. The summed E-state index contributed by atoms with van der Waals surface area (Å²) in [6.45, 7) is 6.65. The van der Waals surface area contributed by atoms with Crippen molar-refractivity contribution in [1.82, 2.24) is 0 Å². The van der Waals surface area contributed by atoms with E-state index in [-0.39, 0.29) is 11.6 Å².